The molecule has 0 rings (SSSR count). The summed E-state index contributed by atoms with van der Waals surface area (Å²) < 4.78 is 0. The van der Waals surface area contributed by atoms with E-state index in [1.807, 2.05) is 0 Å². The maximum Gasteiger partial charge on any atom is -0.0416 e. The van der Waals surface area contributed by atoms with Crippen LogP contribution in [-0.4, -0.2) is 0 Å². The molecule has 0 aliphatic rings. The molecule has 0 amide bonds. The Morgan fingerprint density at radius 3 is 2.00 bits per heavy atom. The van der Waals surface area contributed by atoms with Crippen molar-refractivity contribution < 1.29 is 0 Å². The fourth-order valence-electron chi connectivity index (χ4n) is 1.40. The summed E-state index contributed by atoms with van der Waals surface area (Å²) in [6.45, 7) is 13.8. The van der Waals surface area contributed by atoms with E-state index in [1.54, 1.807) is 0 Å². The molecule has 0 saturated heterocycles. The molecule has 0 heterocycles. The molecule has 0 heteroatoms. The molecule has 2 atom stereocenters. The van der Waals surface area contributed by atoms with Gasteiger partial charge in [-0.1, -0.05) is 46.5 Å². The van der Waals surface area contributed by atoms with Crippen LogP contribution in [0.4, 0.5) is 0 Å². The van der Waals surface area contributed by atoms with Crippen molar-refractivity contribution in [2.24, 2.45) is 17.3 Å². The van der Waals surface area contributed by atoms with E-state index in [0.29, 0.717) is 5.41 Å². The lowest BCUT2D eigenvalue weighted by Gasteiger charge is -2.42. The predicted molar refractivity (Wildman–Crippen MR) is 52.4 cm³/mol. The lowest BCUT2D eigenvalue weighted by Crippen LogP contribution is -2.28. The lowest BCUT2D eigenvalue weighted by atomic mass is 9.69. The molecular formula is C11H23-. The second-order valence-electron chi connectivity index (χ2n) is 4.25. The largest absolute Gasteiger partial charge is 0.328 e. The second kappa shape index (κ2) is 4.13. The Morgan fingerprint density at radius 1 is 1.27 bits per heavy atom. The smallest absolute Gasteiger partial charge is 0.0416 e. The maximum atomic E-state index is 2.37. The Morgan fingerprint density at radius 2 is 1.73 bits per heavy atom. The number of hydrogen-bond donors (Lipinski definition) is 0. The second-order valence-corrected chi connectivity index (χ2v) is 4.25. The summed E-state index contributed by atoms with van der Waals surface area (Å²) in [5, 5.41) is 0. The molecule has 0 aromatic carbocycles. The summed E-state index contributed by atoms with van der Waals surface area (Å²) in [4.78, 5) is 0. The van der Waals surface area contributed by atoms with E-state index < -0.39 is 0 Å². The zero-order chi connectivity index (χ0) is 9.07. The Kier molecular flexibility index (Phi) is 4.13. The third-order valence-corrected chi connectivity index (χ3v) is 3.56. The summed E-state index contributed by atoms with van der Waals surface area (Å²) in [7, 11) is 0. The summed E-state index contributed by atoms with van der Waals surface area (Å²) >= 11 is 0. The third kappa shape index (κ3) is 2.50. The van der Waals surface area contributed by atoms with Gasteiger partial charge in [0.05, 0.1) is 0 Å². The highest BCUT2D eigenvalue weighted by Crippen LogP contribution is 2.37. The van der Waals surface area contributed by atoms with Gasteiger partial charge in [-0.3, -0.25) is 0 Å². The zero-order valence-electron chi connectivity index (χ0n) is 8.94. The van der Waals surface area contributed by atoms with Crippen molar-refractivity contribution in [2.45, 2.75) is 48.0 Å². The van der Waals surface area contributed by atoms with Gasteiger partial charge in [0, 0.05) is 0 Å². The van der Waals surface area contributed by atoms with Gasteiger partial charge in [0.2, 0.25) is 0 Å². The fraction of sp³-hybridized carbons (Fsp3) is 0.909. The molecule has 0 nitrogen and oxygen atoms in total. The maximum absolute atomic E-state index is 2.37. The van der Waals surface area contributed by atoms with Crippen molar-refractivity contribution in [1.29, 1.82) is 0 Å². The fourth-order valence-corrected chi connectivity index (χ4v) is 1.40. The summed E-state index contributed by atoms with van der Waals surface area (Å²) in [5.74, 6) is 1.53. The first-order valence-electron chi connectivity index (χ1n) is 4.76. The summed E-state index contributed by atoms with van der Waals surface area (Å²) in [6, 6.07) is 0. The van der Waals surface area contributed by atoms with Gasteiger partial charge in [0.15, 0.2) is 0 Å². The van der Waals surface area contributed by atoms with Crippen molar-refractivity contribution in [3.05, 3.63) is 6.42 Å². The van der Waals surface area contributed by atoms with Crippen molar-refractivity contribution in [3.63, 3.8) is 0 Å². The van der Waals surface area contributed by atoms with Gasteiger partial charge in [0.1, 0.15) is 0 Å². The minimum atomic E-state index is 0.462. The Hall–Kier alpha value is 0. The monoisotopic (exact) mass is 155 g/mol. The van der Waals surface area contributed by atoms with Gasteiger partial charge in [-0.15, -0.1) is 0 Å². The first-order chi connectivity index (χ1) is 4.96. The first-order valence-corrected chi connectivity index (χ1v) is 4.76. The first kappa shape index (κ1) is 11.0. The van der Waals surface area contributed by atoms with Gasteiger partial charge in [-0.25, -0.2) is 0 Å². The number of hydrogen-bond acceptors (Lipinski definition) is 0. The molecule has 0 N–H and O–H groups in total. The Labute approximate surface area is 72.4 Å². The van der Waals surface area contributed by atoms with E-state index >= 15 is 0 Å². The van der Waals surface area contributed by atoms with Gasteiger partial charge < -0.3 is 6.42 Å². The van der Waals surface area contributed by atoms with Crippen LogP contribution < -0.4 is 0 Å². The standard InChI is InChI=1S/C11H23/c1-7-9(3)11(5,6)10(4)8-2/h7,9-10H,8H2,1-6H3/q-1. The topological polar surface area (TPSA) is 0 Å². The third-order valence-electron chi connectivity index (χ3n) is 3.56. The molecule has 68 valence electrons. The molecule has 0 bridgehead atoms. The highest BCUT2D eigenvalue weighted by molar-refractivity contribution is 4.85. The van der Waals surface area contributed by atoms with E-state index in [2.05, 4.69) is 48.0 Å². The van der Waals surface area contributed by atoms with Crippen molar-refractivity contribution >= 4 is 0 Å². The summed E-state index contributed by atoms with van der Waals surface area (Å²) in [6.07, 6.45) is 3.59. The van der Waals surface area contributed by atoms with Crippen molar-refractivity contribution in [3.8, 4) is 0 Å². The zero-order valence-corrected chi connectivity index (χ0v) is 8.94. The van der Waals surface area contributed by atoms with Crippen LogP contribution in [0.5, 0.6) is 0 Å². The Balaban J connectivity index is 4.18. The molecule has 0 radical (unpaired) electrons. The molecular weight excluding hydrogens is 132 g/mol. The van der Waals surface area contributed by atoms with Gasteiger partial charge in [-0.2, -0.15) is 12.8 Å². The van der Waals surface area contributed by atoms with E-state index in [-0.39, 0.29) is 0 Å². The molecule has 0 spiro atoms. The minimum absolute atomic E-state index is 0.462. The normalized spacial score (nSPS) is 18.0. The van der Waals surface area contributed by atoms with Crippen LogP contribution in [0.2, 0.25) is 0 Å². The SMILES string of the molecule is C[CH-]C(C)C(C)(C)C(C)CC. The van der Waals surface area contributed by atoms with Crippen LogP contribution in [0.3, 0.4) is 0 Å². The quantitative estimate of drug-likeness (QED) is 0.540. The molecule has 0 aliphatic carbocycles. The molecule has 0 fully saturated rings. The predicted octanol–water partition coefficient (Wildman–Crippen LogP) is 3.92. The average Bonchev–Trinajstić information content (AvgIpc) is 2.01. The van der Waals surface area contributed by atoms with E-state index in [4.69, 9.17) is 0 Å². The van der Waals surface area contributed by atoms with Crippen LogP contribution in [0, 0.1) is 23.7 Å². The molecule has 2 unspecified atom stereocenters. The van der Waals surface area contributed by atoms with Crippen LogP contribution in [0.15, 0.2) is 0 Å². The van der Waals surface area contributed by atoms with Crippen LogP contribution in [0.1, 0.15) is 48.0 Å². The van der Waals surface area contributed by atoms with Gasteiger partial charge in [-0.05, 0) is 5.92 Å². The average molecular weight is 155 g/mol. The summed E-state index contributed by atoms with van der Waals surface area (Å²) in [5.41, 5.74) is 0.462. The highest BCUT2D eigenvalue weighted by atomic mass is 14.3. The van der Waals surface area contributed by atoms with Crippen LogP contribution >= 0.6 is 0 Å². The van der Waals surface area contributed by atoms with Crippen LogP contribution in [0.25, 0.3) is 0 Å². The molecule has 0 saturated carbocycles. The van der Waals surface area contributed by atoms with Gasteiger partial charge in [0.25, 0.3) is 0 Å². The minimum Gasteiger partial charge on any atom is -0.328 e. The molecule has 0 aromatic heterocycles. The highest BCUT2D eigenvalue weighted by Gasteiger charge is 2.24. The van der Waals surface area contributed by atoms with Crippen molar-refractivity contribution in [1.82, 2.24) is 0 Å². The van der Waals surface area contributed by atoms with E-state index in [0.717, 1.165) is 11.8 Å². The van der Waals surface area contributed by atoms with Gasteiger partial charge >= 0.3 is 0 Å². The van der Waals surface area contributed by atoms with Crippen molar-refractivity contribution in [2.75, 3.05) is 0 Å². The van der Waals surface area contributed by atoms with E-state index in [9.17, 15) is 0 Å². The lowest BCUT2D eigenvalue weighted by molar-refractivity contribution is 0.156. The Bertz CT molecular complexity index is 90.6. The van der Waals surface area contributed by atoms with E-state index in [1.165, 1.54) is 6.42 Å². The van der Waals surface area contributed by atoms with Crippen LogP contribution in [-0.2, 0) is 0 Å². The molecule has 0 aromatic rings. The number of rotatable bonds is 4. The molecule has 0 aliphatic heterocycles. The molecule has 11 heavy (non-hydrogen) atoms.